The van der Waals surface area contributed by atoms with Crippen LogP contribution in [-0.2, 0) is 14.8 Å². The van der Waals surface area contributed by atoms with Crippen molar-refractivity contribution in [2.75, 3.05) is 41.7 Å². The zero-order valence-corrected chi connectivity index (χ0v) is 19.2. The first-order chi connectivity index (χ1) is 15.8. The monoisotopic (exact) mass is 467 g/mol. The minimum Gasteiger partial charge on any atom is -0.352 e. The first-order valence-electron chi connectivity index (χ1n) is 10.5. The van der Waals surface area contributed by atoms with Gasteiger partial charge in [-0.15, -0.1) is 10.2 Å². The maximum absolute atomic E-state index is 13.2. The Kier molecular flexibility index (Phi) is 6.52. The SMILES string of the molecule is CC(=O)Nc1ccc(S(=O)(=O)N2CCN(c3ccc(Nc4ccncc4)nn3)CC2)c(C)c1. The van der Waals surface area contributed by atoms with Crippen LogP contribution in [0.1, 0.15) is 12.5 Å². The molecular weight excluding hydrogens is 442 g/mol. The first-order valence-corrected chi connectivity index (χ1v) is 11.9. The lowest BCUT2D eigenvalue weighted by molar-refractivity contribution is -0.114. The summed E-state index contributed by atoms with van der Waals surface area (Å²) in [7, 11) is -3.64. The summed E-state index contributed by atoms with van der Waals surface area (Å²) in [5.74, 6) is 1.11. The smallest absolute Gasteiger partial charge is 0.243 e. The van der Waals surface area contributed by atoms with Crippen LogP contribution in [0, 0.1) is 6.92 Å². The molecule has 0 atom stereocenters. The summed E-state index contributed by atoms with van der Waals surface area (Å²) in [5.41, 5.74) is 2.03. The molecule has 3 aromatic rings. The Labute approximate surface area is 192 Å². The van der Waals surface area contributed by atoms with Crippen molar-refractivity contribution in [3.8, 4) is 0 Å². The maximum Gasteiger partial charge on any atom is 0.243 e. The van der Waals surface area contributed by atoms with Gasteiger partial charge in [-0.2, -0.15) is 4.31 Å². The Morgan fingerprint density at radius 1 is 0.939 bits per heavy atom. The fourth-order valence-corrected chi connectivity index (χ4v) is 5.29. The number of aryl methyl sites for hydroxylation is 1. The number of nitrogens with zero attached hydrogens (tertiary/aromatic N) is 5. The molecule has 0 unspecified atom stereocenters. The van der Waals surface area contributed by atoms with E-state index >= 15 is 0 Å². The number of nitrogens with one attached hydrogen (secondary N) is 2. The van der Waals surface area contributed by atoms with E-state index in [9.17, 15) is 13.2 Å². The summed E-state index contributed by atoms with van der Waals surface area (Å²) in [5, 5.41) is 14.3. The van der Waals surface area contributed by atoms with E-state index in [1.807, 2.05) is 29.2 Å². The van der Waals surface area contributed by atoms with Crippen LogP contribution in [0.15, 0.2) is 59.8 Å². The van der Waals surface area contributed by atoms with Gasteiger partial charge in [0.25, 0.3) is 0 Å². The number of sulfonamides is 1. The average molecular weight is 468 g/mol. The van der Waals surface area contributed by atoms with Gasteiger partial charge in [-0.1, -0.05) is 0 Å². The van der Waals surface area contributed by atoms with E-state index < -0.39 is 10.0 Å². The normalized spacial score (nSPS) is 14.7. The predicted octanol–water partition coefficient (Wildman–Crippen LogP) is 2.39. The molecule has 172 valence electrons. The Morgan fingerprint density at radius 3 is 2.27 bits per heavy atom. The lowest BCUT2D eigenvalue weighted by atomic mass is 10.2. The summed E-state index contributed by atoms with van der Waals surface area (Å²) >= 11 is 0. The molecule has 1 aliphatic heterocycles. The molecule has 1 saturated heterocycles. The molecule has 1 aromatic carbocycles. The summed E-state index contributed by atoms with van der Waals surface area (Å²) in [4.78, 5) is 17.5. The number of aromatic nitrogens is 3. The summed E-state index contributed by atoms with van der Waals surface area (Å²) < 4.78 is 27.8. The summed E-state index contributed by atoms with van der Waals surface area (Å²) in [6.45, 7) is 4.84. The van der Waals surface area contributed by atoms with E-state index in [-0.39, 0.29) is 10.8 Å². The van der Waals surface area contributed by atoms with Gasteiger partial charge in [0, 0.05) is 56.9 Å². The number of carbonyl (C=O) groups is 1. The van der Waals surface area contributed by atoms with Crippen molar-refractivity contribution in [3.05, 3.63) is 60.4 Å². The predicted molar refractivity (Wildman–Crippen MR) is 126 cm³/mol. The second kappa shape index (κ2) is 9.51. The molecule has 0 radical (unpaired) electrons. The highest BCUT2D eigenvalue weighted by Gasteiger charge is 2.30. The van der Waals surface area contributed by atoms with Gasteiger partial charge in [-0.05, 0) is 55.0 Å². The number of carbonyl (C=O) groups excluding carboxylic acids is 1. The first kappa shape index (κ1) is 22.6. The van der Waals surface area contributed by atoms with Crippen LogP contribution in [0.25, 0.3) is 0 Å². The number of amides is 1. The molecule has 0 aliphatic carbocycles. The lowest BCUT2D eigenvalue weighted by Crippen LogP contribution is -2.49. The average Bonchev–Trinajstić information content (AvgIpc) is 2.80. The zero-order valence-electron chi connectivity index (χ0n) is 18.4. The van der Waals surface area contributed by atoms with Gasteiger partial charge in [0.15, 0.2) is 11.6 Å². The molecule has 2 aromatic heterocycles. The van der Waals surface area contributed by atoms with Gasteiger partial charge in [-0.25, -0.2) is 8.42 Å². The van der Waals surface area contributed by atoms with Crippen molar-refractivity contribution in [1.29, 1.82) is 0 Å². The zero-order chi connectivity index (χ0) is 23.4. The molecule has 1 amide bonds. The van der Waals surface area contributed by atoms with E-state index in [2.05, 4.69) is 25.8 Å². The van der Waals surface area contributed by atoms with Gasteiger partial charge in [-0.3, -0.25) is 9.78 Å². The van der Waals surface area contributed by atoms with Crippen molar-refractivity contribution in [2.45, 2.75) is 18.7 Å². The molecule has 2 N–H and O–H groups in total. The standard InChI is InChI=1S/C22H25N7O3S/c1-16-15-19(24-17(2)30)3-4-20(16)33(31,32)29-13-11-28(12-14-29)22-6-5-21(26-27-22)25-18-7-9-23-10-8-18/h3-10,15H,11-14H2,1-2H3,(H,24,30)(H,23,25,26). The fraction of sp³-hybridized carbons (Fsp3) is 0.273. The van der Waals surface area contributed by atoms with Crippen molar-refractivity contribution < 1.29 is 13.2 Å². The molecule has 1 aliphatic rings. The molecule has 0 saturated carbocycles. The minimum atomic E-state index is -3.64. The second-order valence-corrected chi connectivity index (χ2v) is 9.60. The van der Waals surface area contributed by atoms with Crippen molar-refractivity contribution in [1.82, 2.24) is 19.5 Å². The van der Waals surface area contributed by atoms with E-state index in [1.165, 1.54) is 11.2 Å². The molecule has 33 heavy (non-hydrogen) atoms. The van der Waals surface area contributed by atoms with Gasteiger partial charge >= 0.3 is 0 Å². The number of benzene rings is 1. The number of rotatable bonds is 6. The molecule has 11 heteroatoms. The van der Waals surface area contributed by atoms with Gasteiger partial charge in [0.1, 0.15) is 0 Å². The van der Waals surface area contributed by atoms with Crippen molar-refractivity contribution >= 4 is 38.9 Å². The lowest BCUT2D eigenvalue weighted by Gasteiger charge is -2.34. The molecular formula is C22H25N7O3S. The molecule has 1 fully saturated rings. The molecule has 4 rings (SSSR count). The largest absolute Gasteiger partial charge is 0.352 e. The molecule has 0 spiro atoms. The highest BCUT2D eigenvalue weighted by atomic mass is 32.2. The summed E-state index contributed by atoms with van der Waals surface area (Å²) in [6.07, 6.45) is 3.38. The van der Waals surface area contributed by atoms with Crippen molar-refractivity contribution in [3.63, 3.8) is 0 Å². The third-order valence-electron chi connectivity index (χ3n) is 5.28. The third-order valence-corrected chi connectivity index (χ3v) is 7.34. The van der Waals surface area contributed by atoms with Crippen LogP contribution >= 0.6 is 0 Å². The van der Waals surface area contributed by atoms with Crippen LogP contribution < -0.4 is 15.5 Å². The fourth-order valence-electron chi connectivity index (χ4n) is 3.66. The number of pyridine rings is 1. The van der Waals surface area contributed by atoms with E-state index in [0.29, 0.717) is 49.1 Å². The Hall–Kier alpha value is -3.57. The highest BCUT2D eigenvalue weighted by Crippen LogP contribution is 2.25. The topological polar surface area (TPSA) is 120 Å². The summed E-state index contributed by atoms with van der Waals surface area (Å²) in [6, 6.07) is 12.2. The van der Waals surface area contributed by atoms with Crippen LogP contribution in [0.4, 0.5) is 23.0 Å². The van der Waals surface area contributed by atoms with E-state index in [0.717, 1.165) is 5.69 Å². The highest BCUT2D eigenvalue weighted by molar-refractivity contribution is 7.89. The third kappa shape index (κ3) is 5.26. The number of anilines is 4. The van der Waals surface area contributed by atoms with Crippen LogP contribution in [-0.4, -0.2) is 60.0 Å². The number of hydrogen-bond donors (Lipinski definition) is 2. The Balaban J connectivity index is 1.39. The molecule has 3 heterocycles. The van der Waals surface area contributed by atoms with Crippen LogP contribution in [0.5, 0.6) is 0 Å². The number of piperazine rings is 1. The Morgan fingerprint density at radius 2 is 1.67 bits per heavy atom. The van der Waals surface area contributed by atoms with Crippen molar-refractivity contribution in [2.24, 2.45) is 0 Å². The molecule has 0 bridgehead atoms. The van der Waals surface area contributed by atoms with Crippen LogP contribution in [0.2, 0.25) is 0 Å². The van der Waals surface area contributed by atoms with Gasteiger partial charge < -0.3 is 15.5 Å². The maximum atomic E-state index is 13.2. The van der Waals surface area contributed by atoms with Gasteiger partial charge in [0.05, 0.1) is 4.90 Å². The van der Waals surface area contributed by atoms with Crippen LogP contribution in [0.3, 0.4) is 0 Å². The molecule has 10 nitrogen and oxygen atoms in total. The quantitative estimate of drug-likeness (QED) is 0.567. The van der Waals surface area contributed by atoms with Gasteiger partial charge in [0.2, 0.25) is 15.9 Å². The van der Waals surface area contributed by atoms with E-state index in [1.54, 1.807) is 37.5 Å². The Bertz CT molecular complexity index is 1230. The van der Waals surface area contributed by atoms with E-state index in [4.69, 9.17) is 0 Å². The minimum absolute atomic E-state index is 0.203. The number of hydrogen-bond acceptors (Lipinski definition) is 8. The second-order valence-electron chi connectivity index (χ2n) is 7.69.